The lowest BCUT2D eigenvalue weighted by molar-refractivity contribution is -0.167. The lowest BCUT2D eigenvalue weighted by Gasteiger charge is -2.36. The molecule has 0 aliphatic heterocycles. The van der Waals surface area contributed by atoms with Gasteiger partial charge in [-0.05, 0) is 42.7 Å². The van der Waals surface area contributed by atoms with Gasteiger partial charge in [-0.1, -0.05) is 39.3 Å². The number of hydrogen-bond donors (Lipinski definition) is 1. The molecule has 0 amide bonds. The SMILES string of the molecule is COc1ccccc1NCCC(=O)OCC(=O)O[C@@H]1C[C@@H](C)CC[C@@H]1C(C)C. The van der Waals surface area contributed by atoms with Gasteiger partial charge in [0.15, 0.2) is 6.61 Å². The van der Waals surface area contributed by atoms with Crippen LogP contribution in [-0.4, -0.2) is 38.3 Å². The van der Waals surface area contributed by atoms with Gasteiger partial charge in [0.2, 0.25) is 0 Å². The summed E-state index contributed by atoms with van der Waals surface area (Å²) in [6, 6.07) is 7.47. The van der Waals surface area contributed by atoms with Gasteiger partial charge in [-0.15, -0.1) is 0 Å². The summed E-state index contributed by atoms with van der Waals surface area (Å²) in [7, 11) is 1.59. The van der Waals surface area contributed by atoms with Crippen molar-refractivity contribution in [3.63, 3.8) is 0 Å². The summed E-state index contributed by atoms with van der Waals surface area (Å²) in [5, 5.41) is 3.13. The lowest BCUT2D eigenvalue weighted by Crippen LogP contribution is -2.36. The first-order chi connectivity index (χ1) is 13.4. The van der Waals surface area contributed by atoms with Gasteiger partial charge < -0.3 is 19.5 Å². The van der Waals surface area contributed by atoms with Crippen LogP contribution < -0.4 is 10.1 Å². The van der Waals surface area contributed by atoms with Crippen LogP contribution in [0.1, 0.15) is 46.5 Å². The highest BCUT2D eigenvalue weighted by atomic mass is 16.6. The van der Waals surface area contributed by atoms with Crippen molar-refractivity contribution in [1.82, 2.24) is 0 Å². The molecule has 1 saturated carbocycles. The predicted molar refractivity (Wildman–Crippen MR) is 108 cm³/mol. The number of benzene rings is 1. The van der Waals surface area contributed by atoms with E-state index in [0.717, 1.165) is 18.5 Å². The summed E-state index contributed by atoms with van der Waals surface area (Å²) in [5.74, 6) is 1.21. The first-order valence-corrected chi connectivity index (χ1v) is 10.1. The number of ether oxygens (including phenoxy) is 3. The van der Waals surface area contributed by atoms with E-state index in [1.807, 2.05) is 24.3 Å². The molecule has 0 unspecified atom stereocenters. The van der Waals surface area contributed by atoms with E-state index in [9.17, 15) is 9.59 Å². The second-order valence-corrected chi connectivity index (χ2v) is 7.89. The molecular formula is C22H33NO5. The number of carbonyl (C=O) groups excluding carboxylic acids is 2. The van der Waals surface area contributed by atoms with Gasteiger partial charge in [0.05, 0.1) is 19.2 Å². The minimum atomic E-state index is -0.462. The maximum atomic E-state index is 12.1. The van der Waals surface area contributed by atoms with E-state index in [-0.39, 0.29) is 19.1 Å². The molecular weight excluding hydrogens is 358 g/mol. The van der Waals surface area contributed by atoms with E-state index >= 15 is 0 Å². The Labute approximate surface area is 167 Å². The number of anilines is 1. The number of methoxy groups -OCH3 is 1. The summed E-state index contributed by atoms with van der Waals surface area (Å²) in [4.78, 5) is 24.0. The molecule has 1 aliphatic carbocycles. The first kappa shape index (κ1) is 22.1. The van der Waals surface area contributed by atoms with Crippen LogP contribution in [0.4, 0.5) is 5.69 Å². The zero-order chi connectivity index (χ0) is 20.5. The van der Waals surface area contributed by atoms with Crippen LogP contribution in [0.25, 0.3) is 0 Å². The lowest BCUT2D eigenvalue weighted by atomic mass is 9.75. The highest BCUT2D eigenvalue weighted by molar-refractivity contribution is 5.76. The van der Waals surface area contributed by atoms with Crippen LogP contribution in [0, 0.1) is 17.8 Å². The molecule has 28 heavy (non-hydrogen) atoms. The minimum absolute atomic E-state index is 0.0813. The Balaban J connectivity index is 1.70. The highest BCUT2D eigenvalue weighted by Gasteiger charge is 2.33. The molecule has 6 heteroatoms. The number of para-hydroxylation sites is 2. The molecule has 1 aliphatic rings. The quantitative estimate of drug-likeness (QED) is 0.640. The number of rotatable bonds is 9. The Morgan fingerprint density at radius 2 is 1.93 bits per heavy atom. The fourth-order valence-corrected chi connectivity index (χ4v) is 3.75. The fraction of sp³-hybridized carbons (Fsp3) is 0.636. The van der Waals surface area contributed by atoms with Gasteiger partial charge in [-0.25, -0.2) is 4.79 Å². The molecule has 3 atom stereocenters. The molecule has 0 heterocycles. The maximum Gasteiger partial charge on any atom is 0.344 e. The summed E-state index contributed by atoms with van der Waals surface area (Å²) >= 11 is 0. The van der Waals surface area contributed by atoms with Gasteiger partial charge in [-0.3, -0.25) is 4.79 Å². The topological polar surface area (TPSA) is 73.9 Å². The van der Waals surface area contributed by atoms with Crippen molar-refractivity contribution in [2.24, 2.45) is 17.8 Å². The van der Waals surface area contributed by atoms with Crippen LogP contribution in [0.2, 0.25) is 0 Å². The van der Waals surface area contributed by atoms with E-state index in [2.05, 4.69) is 26.1 Å². The van der Waals surface area contributed by atoms with Crippen LogP contribution >= 0.6 is 0 Å². The van der Waals surface area contributed by atoms with Crippen molar-refractivity contribution < 1.29 is 23.8 Å². The molecule has 1 aromatic rings. The van der Waals surface area contributed by atoms with Gasteiger partial charge >= 0.3 is 11.9 Å². The van der Waals surface area contributed by atoms with Crippen LogP contribution in [0.15, 0.2) is 24.3 Å². The van der Waals surface area contributed by atoms with Gasteiger partial charge in [0.1, 0.15) is 11.9 Å². The Morgan fingerprint density at radius 1 is 1.18 bits per heavy atom. The van der Waals surface area contributed by atoms with E-state index in [0.29, 0.717) is 30.0 Å². The Kier molecular flexibility index (Phi) is 8.61. The average molecular weight is 392 g/mol. The van der Waals surface area contributed by atoms with Crippen LogP contribution in [-0.2, 0) is 19.1 Å². The summed E-state index contributed by atoms with van der Waals surface area (Å²) in [6.07, 6.45) is 3.20. The molecule has 1 N–H and O–H groups in total. The smallest absolute Gasteiger partial charge is 0.344 e. The molecule has 1 fully saturated rings. The van der Waals surface area contributed by atoms with E-state index < -0.39 is 11.9 Å². The standard InChI is InChI=1S/C22H33NO5/c1-15(2)17-10-9-16(3)13-20(17)28-22(25)14-27-21(24)11-12-23-18-7-5-6-8-19(18)26-4/h5-8,15-17,20,23H,9-14H2,1-4H3/t16-,17+,20+/m0/s1. The third-order valence-corrected chi connectivity index (χ3v) is 5.35. The predicted octanol–water partition coefficient (Wildman–Crippen LogP) is 4.04. The highest BCUT2D eigenvalue weighted by Crippen LogP contribution is 2.35. The van der Waals surface area contributed by atoms with E-state index in [1.54, 1.807) is 7.11 Å². The monoisotopic (exact) mass is 391 g/mol. The van der Waals surface area contributed by atoms with Crippen LogP contribution in [0.3, 0.4) is 0 Å². The Hall–Kier alpha value is -2.24. The van der Waals surface area contributed by atoms with Gasteiger partial charge in [0.25, 0.3) is 0 Å². The van der Waals surface area contributed by atoms with Gasteiger partial charge in [0, 0.05) is 6.54 Å². The molecule has 6 nitrogen and oxygen atoms in total. The second kappa shape index (κ2) is 10.9. The van der Waals surface area contributed by atoms with Crippen molar-refractivity contribution in [2.45, 2.75) is 52.6 Å². The summed E-state index contributed by atoms with van der Waals surface area (Å²) < 4.78 is 16.0. The Bertz CT molecular complexity index is 646. The molecule has 1 aromatic carbocycles. The summed E-state index contributed by atoms with van der Waals surface area (Å²) in [6.45, 7) is 6.58. The van der Waals surface area contributed by atoms with Crippen molar-refractivity contribution in [1.29, 1.82) is 0 Å². The maximum absolute atomic E-state index is 12.1. The Morgan fingerprint density at radius 3 is 2.64 bits per heavy atom. The number of carbonyl (C=O) groups is 2. The number of nitrogens with one attached hydrogen (secondary N) is 1. The van der Waals surface area contributed by atoms with E-state index in [1.165, 1.54) is 6.42 Å². The number of hydrogen-bond acceptors (Lipinski definition) is 6. The molecule has 2 rings (SSSR count). The fourth-order valence-electron chi connectivity index (χ4n) is 3.75. The van der Waals surface area contributed by atoms with E-state index in [4.69, 9.17) is 14.2 Å². The second-order valence-electron chi connectivity index (χ2n) is 7.89. The molecule has 0 bridgehead atoms. The zero-order valence-electron chi connectivity index (χ0n) is 17.4. The average Bonchev–Trinajstić information content (AvgIpc) is 2.66. The zero-order valence-corrected chi connectivity index (χ0v) is 17.4. The van der Waals surface area contributed by atoms with Crippen LogP contribution in [0.5, 0.6) is 5.75 Å². The normalized spacial score (nSPS) is 21.8. The third kappa shape index (κ3) is 6.73. The largest absolute Gasteiger partial charge is 0.495 e. The first-order valence-electron chi connectivity index (χ1n) is 10.1. The third-order valence-electron chi connectivity index (χ3n) is 5.35. The van der Waals surface area contributed by atoms with Gasteiger partial charge in [-0.2, -0.15) is 0 Å². The number of esters is 2. The van der Waals surface area contributed by atoms with Crippen molar-refractivity contribution >= 4 is 17.6 Å². The van der Waals surface area contributed by atoms with Crippen molar-refractivity contribution in [3.05, 3.63) is 24.3 Å². The molecule has 0 spiro atoms. The molecule has 0 aromatic heterocycles. The summed E-state index contributed by atoms with van der Waals surface area (Å²) in [5.41, 5.74) is 0.809. The van der Waals surface area contributed by atoms with Crippen molar-refractivity contribution in [3.8, 4) is 5.75 Å². The molecule has 156 valence electrons. The van der Waals surface area contributed by atoms with Crippen molar-refractivity contribution in [2.75, 3.05) is 25.6 Å². The molecule has 0 radical (unpaired) electrons. The molecule has 0 saturated heterocycles. The minimum Gasteiger partial charge on any atom is -0.495 e.